The number of hydrogen-bond donors (Lipinski definition) is 1. The molecule has 1 aromatic carbocycles. The highest BCUT2D eigenvalue weighted by molar-refractivity contribution is 9.10. The van der Waals surface area contributed by atoms with Crippen LogP contribution in [0.25, 0.3) is 0 Å². The van der Waals surface area contributed by atoms with Crippen molar-refractivity contribution in [3.8, 4) is 0 Å². The van der Waals surface area contributed by atoms with E-state index in [9.17, 15) is 4.39 Å². The maximum atomic E-state index is 13.2. The second-order valence-corrected chi connectivity index (χ2v) is 3.44. The summed E-state index contributed by atoms with van der Waals surface area (Å²) in [4.78, 5) is 3.92. The van der Waals surface area contributed by atoms with Crippen molar-refractivity contribution in [1.29, 1.82) is 0 Å². The maximum Gasteiger partial charge on any atom is 0.131 e. The van der Waals surface area contributed by atoms with E-state index < -0.39 is 0 Å². The summed E-state index contributed by atoms with van der Waals surface area (Å²) in [5.74, 6) is -0.219. The number of nitrogens with zero attached hydrogens (tertiary/aromatic N) is 1. The Balaban J connectivity index is 2.57. The Morgan fingerprint density at radius 2 is 2.33 bits per heavy atom. The minimum Gasteiger partial charge on any atom is -0.346 e. The third-order valence-corrected chi connectivity index (χ3v) is 2.18. The first kappa shape index (κ1) is 7.73. The van der Waals surface area contributed by atoms with Gasteiger partial charge in [-0.1, -0.05) is 15.9 Å². The Bertz CT molecular complexity index is 349. The Hall–Kier alpha value is -0.900. The molecule has 0 saturated carbocycles. The van der Waals surface area contributed by atoms with Gasteiger partial charge in [0, 0.05) is 15.7 Å². The van der Waals surface area contributed by atoms with Gasteiger partial charge in [0.2, 0.25) is 0 Å². The molecule has 0 unspecified atom stereocenters. The molecule has 62 valence electrons. The number of hydrogen-bond acceptors (Lipinski definition) is 2. The largest absolute Gasteiger partial charge is 0.346 e. The molecule has 0 radical (unpaired) electrons. The Labute approximate surface area is 77.6 Å². The normalized spacial score (nSPS) is 13.8. The van der Waals surface area contributed by atoms with Gasteiger partial charge in [-0.15, -0.1) is 0 Å². The van der Waals surface area contributed by atoms with Gasteiger partial charge >= 0.3 is 0 Å². The van der Waals surface area contributed by atoms with E-state index >= 15 is 0 Å². The molecule has 2 nitrogen and oxygen atoms in total. The summed E-state index contributed by atoms with van der Waals surface area (Å²) in [6.45, 7) is 0.418. The fourth-order valence-electron chi connectivity index (χ4n) is 1.15. The molecule has 1 N–H and O–H groups in total. The van der Waals surface area contributed by atoms with Crippen LogP contribution in [0.1, 0.15) is 5.56 Å². The van der Waals surface area contributed by atoms with Gasteiger partial charge in [-0.25, -0.2) is 4.39 Å². The number of benzene rings is 1. The molecule has 0 fully saturated rings. The van der Waals surface area contributed by atoms with Gasteiger partial charge in [0.05, 0.1) is 12.9 Å². The zero-order valence-corrected chi connectivity index (χ0v) is 7.73. The molecule has 1 aliphatic rings. The van der Waals surface area contributed by atoms with Crippen molar-refractivity contribution in [2.45, 2.75) is 6.54 Å². The predicted molar refractivity (Wildman–Crippen MR) is 49.9 cm³/mol. The average molecular weight is 229 g/mol. The molecule has 1 aliphatic heterocycles. The van der Waals surface area contributed by atoms with Crippen LogP contribution >= 0.6 is 15.9 Å². The molecule has 2 rings (SSSR count). The van der Waals surface area contributed by atoms with Gasteiger partial charge in [-0.3, -0.25) is 4.99 Å². The lowest BCUT2D eigenvalue weighted by Crippen LogP contribution is -2.06. The third kappa shape index (κ3) is 1.22. The molecule has 12 heavy (non-hydrogen) atoms. The fraction of sp³-hybridized carbons (Fsp3) is 0.125. The van der Waals surface area contributed by atoms with Crippen LogP contribution in [0.3, 0.4) is 0 Å². The summed E-state index contributed by atoms with van der Waals surface area (Å²) in [6.07, 6.45) is 1.58. The van der Waals surface area contributed by atoms with Crippen molar-refractivity contribution in [2.24, 2.45) is 4.99 Å². The zero-order valence-electron chi connectivity index (χ0n) is 6.14. The lowest BCUT2D eigenvalue weighted by atomic mass is 10.1. The van der Waals surface area contributed by atoms with Gasteiger partial charge in [-0.2, -0.15) is 0 Å². The Kier molecular flexibility index (Phi) is 1.84. The van der Waals surface area contributed by atoms with Crippen molar-refractivity contribution < 1.29 is 4.39 Å². The molecule has 0 amide bonds. The molecule has 1 aromatic rings. The molecule has 0 saturated heterocycles. The van der Waals surface area contributed by atoms with Gasteiger partial charge in [0.15, 0.2) is 0 Å². The standard InChI is InChI=1S/C8H6BrFN2/c9-5-1-7(10)6-3-11-4-12-8(6)2-5/h1-2,4H,3H2,(H,11,12). The molecule has 1 heterocycles. The SMILES string of the molecule is Fc1cc(Br)cc2c1CN=CN2. The number of rotatable bonds is 0. The second-order valence-electron chi connectivity index (χ2n) is 2.53. The van der Waals surface area contributed by atoms with Crippen LogP contribution in [0, 0.1) is 5.82 Å². The lowest BCUT2D eigenvalue weighted by Gasteiger charge is -2.12. The van der Waals surface area contributed by atoms with Gasteiger partial charge in [-0.05, 0) is 12.1 Å². The second kappa shape index (κ2) is 2.86. The molecule has 0 bridgehead atoms. The monoisotopic (exact) mass is 228 g/mol. The number of anilines is 1. The van der Waals surface area contributed by atoms with Crippen molar-refractivity contribution in [2.75, 3.05) is 5.32 Å². The zero-order chi connectivity index (χ0) is 8.55. The van der Waals surface area contributed by atoms with Crippen molar-refractivity contribution in [3.05, 3.63) is 28.0 Å². The predicted octanol–water partition coefficient (Wildman–Crippen LogP) is 2.54. The number of nitrogens with one attached hydrogen (secondary N) is 1. The topological polar surface area (TPSA) is 24.4 Å². The summed E-state index contributed by atoms with van der Waals surface area (Å²) >= 11 is 3.22. The van der Waals surface area contributed by atoms with E-state index in [-0.39, 0.29) is 5.82 Å². The van der Waals surface area contributed by atoms with Crippen molar-refractivity contribution >= 4 is 28.0 Å². The highest BCUT2D eigenvalue weighted by Crippen LogP contribution is 2.26. The molecular formula is C8H6BrFN2. The maximum absolute atomic E-state index is 13.2. The first-order valence-electron chi connectivity index (χ1n) is 3.50. The van der Waals surface area contributed by atoms with Crippen LogP contribution in [0.15, 0.2) is 21.6 Å². The van der Waals surface area contributed by atoms with Gasteiger partial charge in [0.25, 0.3) is 0 Å². The number of halogens is 2. The van der Waals surface area contributed by atoms with E-state index in [1.807, 2.05) is 6.07 Å². The average Bonchev–Trinajstić information content (AvgIpc) is 2.04. The summed E-state index contributed by atoms with van der Waals surface area (Å²) < 4.78 is 13.9. The molecule has 4 heteroatoms. The van der Waals surface area contributed by atoms with Gasteiger partial charge < -0.3 is 5.32 Å². The van der Waals surface area contributed by atoms with Crippen molar-refractivity contribution in [3.63, 3.8) is 0 Å². The molecule has 0 spiro atoms. The van der Waals surface area contributed by atoms with Crippen LogP contribution < -0.4 is 5.32 Å². The number of fused-ring (bicyclic) bond motifs is 1. The van der Waals surface area contributed by atoms with Crippen LogP contribution in [0.4, 0.5) is 10.1 Å². The molecular weight excluding hydrogens is 223 g/mol. The minimum absolute atomic E-state index is 0.219. The quantitative estimate of drug-likeness (QED) is 0.726. The van der Waals surface area contributed by atoms with Crippen LogP contribution in [0.5, 0.6) is 0 Å². The van der Waals surface area contributed by atoms with Crippen LogP contribution in [-0.2, 0) is 6.54 Å². The molecule has 0 aliphatic carbocycles. The number of aliphatic imine (C=N–C) groups is 1. The van der Waals surface area contributed by atoms with Crippen LogP contribution in [-0.4, -0.2) is 6.34 Å². The third-order valence-electron chi connectivity index (χ3n) is 1.72. The van der Waals surface area contributed by atoms with E-state index in [0.717, 1.165) is 10.2 Å². The van der Waals surface area contributed by atoms with E-state index in [1.54, 1.807) is 6.34 Å². The molecule has 0 atom stereocenters. The first-order chi connectivity index (χ1) is 5.77. The van der Waals surface area contributed by atoms with E-state index in [1.165, 1.54) is 6.07 Å². The van der Waals surface area contributed by atoms with Gasteiger partial charge in [0.1, 0.15) is 5.82 Å². The Morgan fingerprint density at radius 1 is 1.50 bits per heavy atom. The summed E-state index contributed by atoms with van der Waals surface area (Å²) in [6, 6.07) is 3.28. The fourth-order valence-corrected chi connectivity index (χ4v) is 1.57. The summed E-state index contributed by atoms with van der Waals surface area (Å²) in [7, 11) is 0. The first-order valence-corrected chi connectivity index (χ1v) is 4.29. The van der Waals surface area contributed by atoms with E-state index in [4.69, 9.17) is 0 Å². The highest BCUT2D eigenvalue weighted by Gasteiger charge is 2.11. The van der Waals surface area contributed by atoms with Crippen LogP contribution in [0.2, 0.25) is 0 Å². The Morgan fingerprint density at radius 3 is 3.17 bits per heavy atom. The van der Waals surface area contributed by atoms with E-state index in [0.29, 0.717) is 12.1 Å². The minimum atomic E-state index is -0.219. The van der Waals surface area contributed by atoms with E-state index in [2.05, 4.69) is 26.2 Å². The smallest absolute Gasteiger partial charge is 0.131 e. The van der Waals surface area contributed by atoms with Crippen molar-refractivity contribution in [1.82, 2.24) is 0 Å². The summed E-state index contributed by atoms with van der Waals surface area (Å²) in [5.41, 5.74) is 1.41. The lowest BCUT2D eigenvalue weighted by molar-refractivity contribution is 0.610. The highest BCUT2D eigenvalue weighted by atomic mass is 79.9. The summed E-state index contributed by atoms with van der Waals surface area (Å²) in [5, 5.41) is 2.88. The molecule has 0 aromatic heterocycles.